The van der Waals surface area contributed by atoms with Crippen LogP contribution >= 0.6 is 22.9 Å². The van der Waals surface area contributed by atoms with Gasteiger partial charge in [-0.15, -0.1) is 11.3 Å². The van der Waals surface area contributed by atoms with Crippen molar-refractivity contribution in [2.75, 3.05) is 19.7 Å². The van der Waals surface area contributed by atoms with E-state index in [1.165, 1.54) is 10.6 Å². The lowest BCUT2D eigenvalue weighted by atomic mass is 10.6. The largest absolute Gasteiger partial charge is 0.395 e. The number of halogens is 3. The molecule has 2 rings (SSSR count). The third kappa shape index (κ3) is 2.79. The number of fused-ring (bicyclic) bond motifs is 1. The monoisotopic (exact) mass is 345 g/mol. The van der Waals surface area contributed by atoms with Gasteiger partial charge in [0.25, 0.3) is 16.4 Å². The first kappa shape index (κ1) is 15.6. The van der Waals surface area contributed by atoms with Crippen molar-refractivity contribution in [1.82, 2.24) is 13.7 Å². The summed E-state index contributed by atoms with van der Waals surface area (Å²) in [6, 6.07) is 0. The second-order valence-electron chi connectivity index (χ2n) is 3.74. The predicted molar refractivity (Wildman–Crippen MR) is 69.9 cm³/mol. The van der Waals surface area contributed by atoms with Gasteiger partial charge in [0, 0.05) is 18.1 Å². The standard InChI is InChI=1S/C9H10ClF2N3O3S2/c10-7-8(15-2-4-19-9(15)13-7)20(17,18)14(1-3-16)5-6(11)12/h2,4,6,16H,1,3,5H2. The first-order valence-electron chi connectivity index (χ1n) is 5.38. The molecule has 0 atom stereocenters. The van der Waals surface area contributed by atoms with Crippen LogP contribution in [-0.4, -0.2) is 53.3 Å². The van der Waals surface area contributed by atoms with Crippen molar-refractivity contribution in [3.05, 3.63) is 16.7 Å². The molecule has 0 unspecified atom stereocenters. The maximum absolute atomic E-state index is 12.5. The zero-order chi connectivity index (χ0) is 14.9. The van der Waals surface area contributed by atoms with Crippen LogP contribution < -0.4 is 0 Å². The Labute approximate surface area is 122 Å². The quantitative estimate of drug-likeness (QED) is 0.856. The molecule has 0 aliphatic heterocycles. The molecule has 0 radical (unpaired) electrons. The van der Waals surface area contributed by atoms with Gasteiger partial charge in [-0.2, -0.15) is 4.31 Å². The van der Waals surface area contributed by atoms with E-state index in [0.717, 1.165) is 11.3 Å². The molecule has 2 aromatic rings. The SMILES string of the molecule is O=S(=O)(c1c(Cl)nc2sccn12)N(CCO)CC(F)F. The van der Waals surface area contributed by atoms with Crippen molar-refractivity contribution in [2.45, 2.75) is 11.5 Å². The van der Waals surface area contributed by atoms with Crippen molar-refractivity contribution >= 4 is 37.9 Å². The molecule has 2 aromatic heterocycles. The summed E-state index contributed by atoms with van der Waals surface area (Å²) < 4.78 is 51.5. The number of sulfonamides is 1. The molecule has 0 fully saturated rings. The molecule has 0 saturated heterocycles. The van der Waals surface area contributed by atoms with Crippen molar-refractivity contribution < 1.29 is 22.3 Å². The van der Waals surface area contributed by atoms with Gasteiger partial charge in [0.2, 0.25) is 0 Å². The highest BCUT2D eigenvalue weighted by molar-refractivity contribution is 7.89. The smallest absolute Gasteiger partial charge is 0.262 e. The molecule has 20 heavy (non-hydrogen) atoms. The number of thiazole rings is 1. The van der Waals surface area contributed by atoms with Gasteiger partial charge in [0.15, 0.2) is 15.1 Å². The van der Waals surface area contributed by atoms with Gasteiger partial charge in [-0.1, -0.05) is 11.6 Å². The highest BCUT2D eigenvalue weighted by Crippen LogP contribution is 2.28. The summed E-state index contributed by atoms with van der Waals surface area (Å²) in [4.78, 5) is 4.19. The zero-order valence-corrected chi connectivity index (χ0v) is 12.3. The zero-order valence-electron chi connectivity index (χ0n) is 9.91. The molecule has 6 nitrogen and oxygen atoms in total. The summed E-state index contributed by atoms with van der Waals surface area (Å²) in [7, 11) is -4.27. The van der Waals surface area contributed by atoms with Gasteiger partial charge in [0.05, 0.1) is 13.2 Å². The van der Waals surface area contributed by atoms with E-state index < -0.39 is 36.1 Å². The van der Waals surface area contributed by atoms with Gasteiger partial charge in [-0.25, -0.2) is 22.2 Å². The fourth-order valence-electron chi connectivity index (χ4n) is 1.67. The van der Waals surface area contributed by atoms with Gasteiger partial charge < -0.3 is 5.11 Å². The molecule has 0 aliphatic rings. The van der Waals surface area contributed by atoms with Crippen LogP contribution in [-0.2, 0) is 10.0 Å². The van der Waals surface area contributed by atoms with Gasteiger partial charge in [-0.3, -0.25) is 4.40 Å². The van der Waals surface area contributed by atoms with E-state index in [1.807, 2.05) is 0 Å². The van der Waals surface area contributed by atoms with Crippen LogP contribution in [0, 0.1) is 0 Å². The molecule has 0 amide bonds. The van der Waals surface area contributed by atoms with Crippen molar-refractivity contribution in [2.24, 2.45) is 0 Å². The van der Waals surface area contributed by atoms with Crippen molar-refractivity contribution in [3.63, 3.8) is 0 Å². The van der Waals surface area contributed by atoms with Gasteiger partial charge in [0.1, 0.15) is 0 Å². The second kappa shape index (κ2) is 5.90. The highest BCUT2D eigenvalue weighted by atomic mass is 35.5. The summed E-state index contributed by atoms with van der Waals surface area (Å²) in [5.41, 5.74) is 0. The number of aliphatic hydroxyl groups is 1. The Morgan fingerprint density at radius 3 is 2.85 bits per heavy atom. The summed E-state index contributed by atoms with van der Waals surface area (Å²) >= 11 is 6.96. The molecule has 2 heterocycles. The number of hydrogen-bond donors (Lipinski definition) is 1. The van der Waals surface area contributed by atoms with Crippen LogP contribution in [0.3, 0.4) is 0 Å². The molecule has 1 N–H and O–H groups in total. The molecule has 0 spiro atoms. The number of aromatic nitrogens is 2. The number of imidazole rings is 1. The van der Waals surface area contributed by atoms with E-state index in [4.69, 9.17) is 16.7 Å². The Bertz CT molecular complexity index is 700. The molecule has 11 heteroatoms. The van der Waals surface area contributed by atoms with E-state index in [9.17, 15) is 17.2 Å². The van der Waals surface area contributed by atoms with E-state index in [0.29, 0.717) is 9.27 Å². The Kier molecular flexibility index (Phi) is 4.59. The van der Waals surface area contributed by atoms with Gasteiger partial charge >= 0.3 is 0 Å². The number of rotatable bonds is 6. The van der Waals surface area contributed by atoms with Crippen LogP contribution in [0.4, 0.5) is 8.78 Å². The average molecular weight is 346 g/mol. The van der Waals surface area contributed by atoms with Crippen molar-refractivity contribution in [1.29, 1.82) is 0 Å². The van der Waals surface area contributed by atoms with Crippen LogP contribution in [0.15, 0.2) is 16.6 Å². The fourth-order valence-corrected chi connectivity index (χ4v) is 4.48. The summed E-state index contributed by atoms with van der Waals surface area (Å²) in [6.45, 7) is -2.04. The maximum Gasteiger partial charge on any atom is 0.262 e. The van der Waals surface area contributed by atoms with E-state index in [2.05, 4.69) is 4.98 Å². The Hall–Kier alpha value is -0.810. The Morgan fingerprint density at radius 2 is 2.25 bits per heavy atom. The number of alkyl halides is 2. The first-order valence-corrected chi connectivity index (χ1v) is 8.08. The third-order valence-electron chi connectivity index (χ3n) is 2.45. The second-order valence-corrected chi connectivity index (χ2v) is 6.83. The lowest BCUT2D eigenvalue weighted by Crippen LogP contribution is -2.37. The summed E-state index contributed by atoms with van der Waals surface area (Å²) in [6.07, 6.45) is -1.42. The minimum absolute atomic E-state index is 0.283. The number of hydrogen-bond acceptors (Lipinski definition) is 5. The number of aliphatic hydroxyl groups excluding tert-OH is 1. The lowest BCUT2D eigenvalue weighted by Gasteiger charge is -2.20. The topological polar surface area (TPSA) is 74.9 Å². The lowest BCUT2D eigenvalue weighted by molar-refractivity contribution is 0.113. The molecule has 0 aliphatic carbocycles. The minimum Gasteiger partial charge on any atom is -0.395 e. The van der Waals surface area contributed by atoms with Crippen LogP contribution in [0.5, 0.6) is 0 Å². The van der Waals surface area contributed by atoms with Gasteiger partial charge in [-0.05, 0) is 0 Å². The molecule has 0 bridgehead atoms. The van der Waals surface area contributed by atoms with Crippen molar-refractivity contribution in [3.8, 4) is 0 Å². The van der Waals surface area contributed by atoms with Crippen LogP contribution in [0.25, 0.3) is 4.96 Å². The third-order valence-corrected chi connectivity index (χ3v) is 5.48. The molecular formula is C9H10ClF2N3O3S2. The van der Waals surface area contributed by atoms with Crippen LogP contribution in [0.2, 0.25) is 5.15 Å². The number of nitrogens with zero attached hydrogens (tertiary/aromatic N) is 3. The summed E-state index contributed by atoms with van der Waals surface area (Å²) in [5, 5.41) is 9.79. The molecule has 112 valence electrons. The average Bonchev–Trinajstić information content (AvgIpc) is 2.86. The molecule has 0 aromatic carbocycles. The minimum atomic E-state index is -4.27. The maximum atomic E-state index is 12.5. The predicted octanol–water partition coefficient (Wildman–Crippen LogP) is 1.30. The van der Waals surface area contributed by atoms with Crippen LogP contribution in [0.1, 0.15) is 0 Å². The summed E-state index contributed by atoms with van der Waals surface area (Å²) in [5.74, 6) is 0. The van der Waals surface area contributed by atoms with E-state index >= 15 is 0 Å². The Balaban J connectivity index is 2.51. The Morgan fingerprint density at radius 1 is 1.55 bits per heavy atom. The highest BCUT2D eigenvalue weighted by Gasteiger charge is 2.32. The normalized spacial score (nSPS) is 12.9. The fraction of sp³-hybridized carbons (Fsp3) is 0.444. The molecular weight excluding hydrogens is 336 g/mol. The first-order chi connectivity index (χ1) is 9.37. The van der Waals surface area contributed by atoms with E-state index in [1.54, 1.807) is 5.38 Å². The van der Waals surface area contributed by atoms with E-state index in [-0.39, 0.29) is 10.2 Å². The molecule has 0 saturated carbocycles.